The number of carbonyl (C=O) groups is 2. The van der Waals surface area contributed by atoms with Crippen molar-refractivity contribution in [3.05, 3.63) is 148 Å². The van der Waals surface area contributed by atoms with Crippen LogP contribution in [-0.4, -0.2) is 22.2 Å². The number of ether oxygens (including phenoxy) is 3. The van der Waals surface area contributed by atoms with Gasteiger partial charge in [0.15, 0.2) is 0 Å². The van der Waals surface area contributed by atoms with Gasteiger partial charge in [-0.3, -0.25) is 0 Å². The Hall–Kier alpha value is -5.30. The molecule has 0 amide bonds. The number of carboxylic acid groups (broad SMARTS) is 2. The average Bonchev–Trinajstić information content (AvgIpc) is 2.98. The van der Waals surface area contributed by atoms with Crippen LogP contribution in [0.15, 0.2) is 114 Å². The van der Waals surface area contributed by atoms with Gasteiger partial charge in [-0.2, -0.15) is 0 Å². The van der Waals surface area contributed by atoms with Gasteiger partial charge in [0.2, 0.25) is 0 Å². The molecule has 220 valence electrons. The van der Waals surface area contributed by atoms with Crippen molar-refractivity contribution in [3.8, 4) is 17.2 Å². The van der Waals surface area contributed by atoms with Crippen molar-refractivity contribution >= 4 is 11.9 Å². The maximum atomic E-state index is 12.6. The Morgan fingerprint density at radius 2 is 1.33 bits per heavy atom. The third-order valence-electron chi connectivity index (χ3n) is 6.67. The van der Waals surface area contributed by atoms with Gasteiger partial charge in [0.1, 0.15) is 41.8 Å². The molecule has 0 unspecified atom stereocenters. The second kappa shape index (κ2) is 14.5. The van der Waals surface area contributed by atoms with Crippen molar-refractivity contribution in [1.29, 1.82) is 0 Å². The Kier molecular flexibility index (Phi) is 10.4. The summed E-state index contributed by atoms with van der Waals surface area (Å²) >= 11 is 0. The number of benzene rings is 4. The zero-order chi connectivity index (χ0) is 30.8. The summed E-state index contributed by atoms with van der Waals surface area (Å²) in [6, 6.07) is 28.5. The van der Waals surface area contributed by atoms with E-state index in [1.807, 2.05) is 85.8 Å². The number of allylic oxidation sites excluding steroid dienone is 2. The Labute approximate surface area is 251 Å². The van der Waals surface area contributed by atoms with Crippen molar-refractivity contribution in [2.24, 2.45) is 0 Å². The molecule has 7 nitrogen and oxygen atoms in total. The fourth-order valence-electron chi connectivity index (χ4n) is 4.49. The van der Waals surface area contributed by atoms with Gasteiger partial charge >= 0.3 is 11.9 Å². The molecular formula is C36H34O7. The molecular weight excluding hydrogens is 544 g/mol. The van der Waals surface area contributed by atoms with Crippen LogP contribution in [0.2, 0.25) is 0 Å². The van der Waals surface area contributed by atoms with Crippen LogP contribution in [0, 0.1) is 6.92 Å². The third kappa shape index (κ3) is 8.84. The smallest absolute Gasteiger partial charge is 0.339 e. The number of hydrogen-bond donors (Lipinski definition) is 2. The van der Waals surface area contributed by atoms with E-state index in [1.54, 1.807) is 32.1 Å². The third-order valence-corrected chi connectivity index (χ3v) is 6.67. The molecule has 4 rings (SSSR count). The highest BCUT2D eigenvalue weighted by Crippen LogP contribution is 2.32. The highest BCUT2D eigenvalue weighted by Gasteiger charge is 2.21. The lowest BCUT2D eigenvalue weighted by Gasteiger charge is -2.17. The first-order chi connectivity index (χ1) is 20.7. The van der Waals surface area contributed by atoms with Gasteiger partial charge in [-0.15, -0.1) is 0 Å². The summed E-state index contributed by atoms with van der Waals surface area (Å²) in [7, 11) is 0. The SMILES string of the molecule is C/C=C(C)/C(=C/C(=O)O)Oc1cc(C)cc(Cc2cc(OCc3ccccc3)cc(OCc3ccccc3)c2)c1C(=O)O. The number of hydrogen-bond acceptors (Lipinski definition) is 5. The molecule has 0 aliphatic carbocycles. The van der Waals surface area contributed by atoms with E-state index < -0.39 is 11.9 Å². The second-order valence-electron chi connectivity index (χ2n) is 10.1. The van der Waals surface area contributed by atoms with Crippen LogP contribution < -0.4 is 14.2 Å². The maximum absolute atomic E-state index is 12.6. The number of rotatable bonds is 13. The molecule has 0 spiro atoms. The van der Waals surface area contributed by atoms with Crippen molar-refractivity contribution in [2.45, 2.75) is 40.4 Å². The molecule has 0 atom stereocenters. The predicted molar refractivity (Wildman–Crippen MR) is 165 cm³/mol. The van der Waals surface area contributed by atoms with E-state index in [0.717, 1.165) is 28.3 Å². The Balaban J connectivity index is 1.70. The summed E-state index contributed by atoms with van der Waals surface area (Å²) in [4.78, 5) is 24.0. The standard InChI is InChI=1S/C36H34O7/c1-4-25(3)32(21-34(37)38)43-33-16-24(2)15-29(35(33)36(39)40)17-28-18-30(41-22-26-11-7-5-8-12-26)20-31(19-28)42-23-27-13-9-6-10-14-27/h4-16,18-21H,17,22-23H2,1-3H3,(H,37,38)(H,39,40)/b25-4+,32-21-. The molecule has 0 saturated carbocycles. The minimum Gasteiger partial charge on any atom is -0.489 e. The van der Waals surface area contributed by atoms with E-state index in [9.17, 15) is 19.8 Å². The summed E-state index contributed by atoms with van der Waals surface area (Å²) in [5.74, 6) is -1.09. The molecule has 43 heavy (non-hydrogen) atoms. The number of aliphatic carboxylic acids is 1. The van der Waals surface area contributed by atoms with E-state index in [1.165, 1.54) is 0 Å². The first-order valence-electron chi connectivity index (χ1n) is 13.8. The van der Waals surface area contributed by atoms with Gasteiger partial charge in [-0.1, -0.05) is 72.8 Å². The van der Waals surface area contributed by atoms with Crippen molar-refractivity contribution < 1.29 is 34.0 Å². The normalized spacial score (nSPS) is 11.6. The highest BCUT2D eigenvalue weighted by molar-refractivity contribution is 5.93. The first-order valence-corrected chi connectivity index (χ1v) is 13.8. The molecule has 4 aromatic carbocycles. The molecule has 0 radical (unpaired) electrons. The lowest BCUT2D eigenvalue weighted by molar-refractivity contribution is -0.131. The van der Waals surface area contributed by atoms with E-state index in [4.69, 9.17) is 14.2 Å². The zero-order valence-electron chi connectivity index (χ0n) is 24.4. The lowest BCUT2D eigenvalue weighted by atomic mass is 9.96. The van der Waals surface area contributed by atoms with E-state index in [0.29, 0.717) is 35.8 Å². The Morgan fingerprint density at radius 1 is 0.767 bits per heavy atom. The number of aryl methyl sites for hydroxylation is 1. The molecule has 0 heterocycles. The van der Waals surface area contributed by atoms with Gasteiger partial charge in [0.05, 0.1) is 6.08 Å². The van der Waals surface area contributed by atoms with Crippen molar-refractivity contribution in [2.75, 3.05) is 0 Å². The van der Waals surface area contributed by atoms with Crippen LogP contribution in [0.5, 0.6) is 17.2 Å². The fourth-order valence-corrected chi connectivity index (χ4v) is 4.49. The van der Waals surface area contributed by atoms with Crippen LogP contribution >= 0.6 is 0 Å². The quantitative estimate of drug-likeness (QED) is 0.0950. The summed E-state index contributed by atoms with van der Waals surface area (Å²) in [5.41, 5.74) is 4.58. The number of carboxylic acids is 2. The largest absolute Gasteiger partial charge is 0.489 e. The Bertz CT molecular complexity index is 1580. The van der Waals surface area contributed by atoms with Crippen LogP contribution in [-0.2, 0) is 24.4 Å². The molecule has 4 aromatic rings. The van der Waals surface area contributed by atoms with Gasteiger partial charge < -0.3 is 24.4 Å². The second-order valence-corrected chi connectivity index (χ2v) is 10.1. The monoisotopic (exact) mass is 578 g/mol. The summed E-state index contributed by atoms with van der Waals surface area (Å²) < 4.78 is 18.2. The maximum Gasteiger partial charge on any atom is 0.339 e. The molecule has 0 aromatic heterocycles. The van der Waals surface area contributed by atoms with Crippen LogP contribution in [0.3, 0.4) is 0 Å². The van der Waals surface area contributed by atoms with E-state index in [-0.39, 0.29) is 23.5 Å². The van der Waals surface area contributed by atoms with Crippen LogP contribution in [0.4, 0.5) is 0 Å². The topological polar surface area (TPSA) is 102 Å². The zero-order valence-corrected chi connectivity index (χ0v) is 24.4. The van der Waals surface area contributed by atoms with Gasteiger partial charge in [0, 0.05) is 6.07 Å². The predicted octanol–water partition coefficient (Wildman–Crippen LogP) is 7.76. The van der Waals surface area contributed by atoms with Gasteiger partial charge in [0.25, 0.3) is 0 Å². The summed E-state index contributed by atoms with van der Waals surface area (Å²) in [6.07, 6.45) is 2.86. The molecule has 0 aliphatic rings. The molecule has 0 fully saturated rings. The van der Waals surface area contributed by atoms with Crippen LogP contribution in [0.1, 0.15) is 52.0 Å². The van der Waals surface area contributed by atoms with Crippen molar-refractivity contribution in [3.63, 3.8) is 0 Å². The van der Waals surface area contributed by atoms with E-state index in [2.05, 4.69) is 0 Å². The van der Waals surface area contributed by atoms with E-state index >= 15 is 0 Å². The Morgan fingerprint density at radius 3 is 1.81 bits per heavy atom. The highest BCUT2D eigenvalue weighted by atomic mass is 16.5. The van der Waals surface area contributed by atoms with Gasteiger partial charge in [-0.05, 0) is 78.8 Å². The number of aromatic carboxylic acids is 1. The fraction of sp³-hybridized carbons (Fsp3) is 0.167. The summed E-state index contributed by atoms with van der Waals surface area (Å²) in [6.45, 7) is 5.99. The van der Waals surface area contributed by atoms with Gasteiger partial charge in [-0.25, -0.2) is 9.59 Å². The van der Waals surface area contributed by atoms with Crippen molar-refractivity contribution in [1.82, 2.24) is 0 Å². The molecule has 0 bridgehead atoms. The van der Waals surface area contributed by atoms with Crippen LogP contribution in [0.25, 0.3) is 0 Å². The summed E-state index contributed by atoms with van der Waals surface area (Å²) in [5, 5.41) is 19.6. The minimum atomic E-state index is -1.20. The lowest BCUT2D eigenvalue weighted by Crippen LogP contribution is -2.10. The first kappa shape index (κ1) is 30.7. The molecule has 0 aliphatic heterocycles. The molecule has 0 saturated heterocycles. The molecule has 2 N–H and O–H groups in total. The average molecular weight is 579 g/mol. The minimum absolute atomic E-state index is 0.0480. The molecule has 7 heteroatoms.